The number of carboxylic acid groups (broad SMARTS) is 1. The minimum Gasteiger partial charge on any atom is -0.478 e. The smallest absolute Gasteiger partial charge is 0.339 e. The Labute approximate surface area is 126 Å². The van der Waals surface area contributed by atoms with Crippen LogP contribution in [0.15, 0.2) is 47.8 Å². The predicted octanol–water partition coefficient (Wildman–Crippen LogP) is 3.63. The summed E-state index contributed by atoms with van der Waals surface area (Å²) >= 11 is 1.65. The van der Waals surface area contributed by atoms with Crippen molar-refractivity contribution < 1.29 is 9.90 Å². The van der Waals surface area contributed by atoms with Crippen molar-refractivity contribution >= 4 is 34.0 Å². The average molecular weight is 298 g/mol. The fourth-order valence-corrected chi connectivity index (χ4v) is 3.02. The van der Waals surface area contributed by atoms with Crippen LogP contribution in [-0.4, -0.2) is 23.1 Å². The van der Waals surface area contributed by atoms with Gasteiger partial charge in [-0.15, -0.1) is 11.3 Å². The number of benzene rings is 1. The molecule has 106 valence electrons. The number of hydrogen-bond donors (Lipinski definition) is 1. The Hall–Kier alpha value is -2.40. The number of carbonyl (C=O) groups is 1. The molecule has 1 aromatic carbocycles. The third-order valence-electron chi connectivity index (χ3n) is 3.27. The zero-order chi connectivity index (χ0) is 14.8. The first-order chi connectivity index (χ1) is 10.1. The van der Waals surface area contributed by atoms with E-state index in [4.69, 9.17) is 0 Å². The van der Waals surface area contributed by atoms with Crippen LogP contribution in [0.25, 0.3) is 10.9 Å². The minimum absolute atomic E-state index is 0.229. The molecule has 0 aliphatic rings. The van der Waals surface area contributed by atoms with E-state index in [1.54, 1.807) is 17.4 Å². The van der Waals surface area contributed by atoms with Gasteiger partial charge in [-0.05, 0) is 23.6 Å². The molecule has 3 aromatic rings. The summed E-state index contributed by atoms with van der Waals surface area (Å²) < 4.78 is 0. The van der Waals surface area contributed by atoms with E-state index >= 15 is 0 Å². The number of pyridine rings is 1. The van der Waals surface area contributed by atoms with Gasteiger partial charge in [0.15, 0.2) is 0 Å². The van der Waals surface area contributed by atoms with Gasteiger partial charge in [0.05, 0.1) is 12.1 Å². The third-order valence-corrected chi connectivity index (χ3v) is 4.13. The SMILES string of the molecule is CN(Cc1cccs1)c1nc2ccccc2cc1C(=O)O. The van der Waals surface area contributed by atoms with Crippen LogP contribution in [0, 0.1) is 0 Å². The largest absolute Gasteiger partial charge is 0.478 e. The highest BCUT2D eigenvalue weighted by Crippen LogP contribution is 2.25. The molecule has 3 rings (SSSR count). The summed E-state index contributed by atoms with van der Waals surface area (Å²) in [5.41, 5.74) is 1.03. The van der Waals surface area contributed by atoms with Gasteiger partial charge in [0.1, 0.15) is 11.4 Å². The zero-order valence-corrected chi connectivity index (χ0v) is 12.3. The summed E-state index contributed by atoms with van der Waals surface area (Å²) in [4.78, 5) is 19.1. The Bertz CT molecular complexity index is 784. The second kappa shape index (κ2) is 5.54. The molecule has 5 heteroatoms. The number of rotatable bonds is 4. The van der Waals surface area contributed by atoms with Crippen molar-refractivity contribution in [1.29, 1.82) is 0 Å². The summed E-state index contributed by atoms with van der Waals surface area (Å²) in [6.45, 7) is 0.642. The molecule has 0 saturated carbocycles. The number of aromatic nitrogens is 1. The second-order valence-electron chi connectivity index (χ2n) is 4.79. The van der Waals surface area contributed by atoms with Gasteiger partial charge in [-0.3, -0.25) is 0 Å². The molecule has 0 unspecified atom stereocenters. The molecule has 0 amide bonds. The molecule has 2 aromatic heterocycles. The summed E-state index contributed by atoms with van der Waals surface area (Å²) in [5.74, 6) is -0.462. The van der Waals surface area contributed by atoms with Crippen molar-refractivity contribution in [3.63, 3.8) is 0 Å². The molecule has 21 heavy (non-hydrogen) atoms. The lowest BCUT2D eigenvalue weighted by Crippen LogP contribution is -2.20. The molecule has 0 atom stereocenters. The number of thiophene rings is 1. The quantitative estimate of drug-likeness (QED) is 0.799. The minimum atomic E-state index is -0.957. The molecule has 0 radical (unpaired) electrons. The van der Waals surface area contributed by atoms with Gasteiger partial charge in [0.2, 0.25) is 0 Å². The van der Waals surface area contributed by atoms with E-state index in [9.17, 15) is 9.90 Å². The van der Waals surface area contributed by atoms with Gasteiger partial charge < -0.3 is 10.0 Å². The van der Waals surface area contributed by atoms with Crippen molar-refractivity contribution in [2.24, 2.45) is 0 Å². The molecule has 0 fully saturated rings. The Morgan fingerprint density at radius 1 is 1.29 bits per heavy atom. The summed E-state index contributed by atoms with van der Waals surface area (Å²) in [6.07, 6.45) is 0. The monoisotopic (exact) mass is 298 g/mol. The standard InChI is InChI=1S/C16H14N2O2S/c1-18(10-12-6-4-8-21-12)15-13(16(19)20)9-11-5-2-3-7-14(11)17-15/h2-9H,10H2,1H3,(H,19,20). The molecule has 0 saturated heterocycles. The van der Waals surface area contributed by atoms with Crippen LogP contribution in [0.1, 0.15) is 15.2 Å². The van der Waals surface area contributed by atoms with Crippen LogP contribution in [-0.2, 0) is 6.54 Å². The highest BCUT2D eigenvalue weighted by molar-refractivity contribution is 7.09. The number of anilines is 1. The average Bonchev–Trinajstić information content (AvgIpc) is 2.98. The molecule has 1 N–H and O–H groups in total. The maximum Gasteiger partial charge on any atom is 0.339 e. The van der Waals surface area contributed by atoms with Gasteiger partial charge in [0.25, 0.3) is 0 Å². The first-order valence-corrected chi connectivity index (χ1v) is 7.40. The highest BCUT2D eigenvalue weighted by Gasteiger charge is 2.17. The summed E-state index contributed by atoms with van der Waals surface area (Å²) in [7, 11) is 1.86. The molecule has 0 spiro atoms. The first kappa shape index (κ1) is 13.6. The van der Waals surface area contributed by atoms with Crippen molar-refractivity contribution in [2.75, 3.05) is 11.9 Å². The molecule has 0 aliphatic carbocycles. The lowest BCUT2D eigenvalue weighted by Gasteiger charge is -2.20. The third kappa shape index (κ3) is 2.73. The fourth-order valence-electron chi connectivity index (χ4n) is 2.27. The highest BCUT2D eigenvalue weighted by atomic mass is 32.1. The molecule has 0 bridgehead atoms. The number of fused-ring (bicyclic) bond motifs is 1. The van der Waals surface area contributed by atoms with E-state index < -0.39 is 5.97 Å². The van der Waals surface area contributed by atoms with Crippen LogP contribution in [0.5, 0.6) is 0 Å². The normalized spacial score (nSPS) is 10.7. The van der Waals surface area contributed by atoms with Gasteiger partial charge in [0, 0.05) is 17.3 Å². The van der Waals surface area contributed by atoms with E-state index in [0.717, 1.165) is 10.9 Å². The second-order valence-corrected chi connectivity index (χ2v) is 5.83. The first-order valence-electron chi connectivity index (χ1n) is 6.52. The lowest BCUT2D eigenvalue weighted by atomic mass is 10.1. The Morgan fingerprint density at radius 3 is 2.81 bits per heavy atom. The maximum absolute atomic E-state index is 11.5. The van der Waals surface area contributed by atoms with Crippen LogP contribution >= 0.6 is 11.3 Å². The molecule has 2 heterocycles. The topological polar surface area (TPSA) is 53.4 Å². The van der Waals surface area contributed by atoms with E-state index in [-0.39, 0.29) is 5.56 Å². The van der Waals surface area contributed by atoms with Gasteiger partial charge >= 0.3 is 5.97 Å². The number of hydrogen-bond acceptors (Lipinski definition) is 4. The molecule has 0 aliphatic heterocycles. The van der Waals surface area contributed by atoms with Crippen molar-refractivity contribution in [3.8, 4) is 0 Å². The Kier molecular flexibility index (Phi) is 3.58. The molecular weight excluding hydrogens is 284 g/mol. The van der Waals surface area contributed by atoms with Crippen LogP contribution < -0.4 is 4.90 Å². The van der Waals surface area contributed by atoms with Gasteiger partial charge in [-0.25, -0.2) is 9.78 Å². The number of para-hydroxylation sites is 1. The van der Waals surface area contributed by atoms with Gasteiger partial charge in [-0.2, -0.15) is 0 Å². The van der Waals surface area contributed by atoms with Gasteiger partial charge in [-0.1, -0.05) is 24.3 Å². The van der Waals surface area contributed by atoms with Crippen LogP contribution in [0.3, 0.4) is 0 Å². The zero-order valence-electron chi connectivity index (χ0n) is 11.5. The number of aromatic carboxylic acids is 1. The number of nitrogens with zero attached hydrogens (tertiary/aromatic N) is 2. The summed E-state index contributed by atoms with van der Waals surface area (Å²) in [5, 5.41) is 12.3. The molecular formula is C16H14N2O2S. The van der Waals surface area contributed by atoms with E-state index in [1.165, 1.54) is 4.88 Å². The van der Waals surface area contributed by atoms with E-state index in [2.05, 4.69) is 4.98 Å². The number of carboxylic acids is 1. The van der Waals surface area contributed by atoms with E-state index in [1.807, 2.05) is 53.7 Å². The van der Waals surface area contributed by atoms with Crippen molar-refractivity contribution in [2.45, 2.75) is 6.54 Å². The van der Waals surface area contributed by atoms with Crippen LogP contribution in [0.4, 0.5) is 5.82 Å². The van der Waals surface area contributed by atoms with Crippen molar-refractivity contribution in [1.82, 2.24) is 4.98 Å². The predicted molar refractivity (Wildman–Crippen MR) is 85.1 cm³/mol. The fraction of sp³-hybridized carbons (Fsp3) is 0.125. The van der Waals surface area contributed by atoms with E-state index in [0.29, 0.717) is 12.4 Å². The maximum atomic E-state index is 11.5. The lowest BCUT2D eigenvalue weighted by molar-refractivity contribution is 0.0697. The Balaban J connectivity index is 2.06. The Morgan fingerprint density at radius 2 is 2.10 bits per heavy atom. The molecule has 4 nitrogen and oxygen atoms in total. The summed E-state index contributed by atoms with van der Waals surface area (Å²) in [6, 6.07) is 13.2. The van der Waals surface area contributed by atoms with Crippen LogP contribution in [0.2, 0.25) is 0 Å². The van der Waals surface area contributed by atoms with Crippen molar-refractivity contribution in [3.05, 3.63) is 58.3 Å².